The molecule has 0 bridgehead atoms. The summed E-state index contributed by atoms with van der Waals surface area (Å²) < 4.78 is 5.15. The summed E-state index contributed by atoms with van der Waals surface area (Å²) in [4.78, 5) is 25.1. The van der Waals surface area contributed by atoms with Crippen LogP contribution in [0.15, 0.2) is 0 Å². The second-order valence-electron chi connectivity index (χ2n) is 4.40. The highest BCUT2D eigenvalue weighted by molar-refractivity contribution is 5.89. The zero-order valence-corrected chi connectivity index (χ0v) is 10.9. The number of hydrogen-bond donors (Lipinski definition) is 1. The number of nitriles is 1. The van der Waals surface area contributed by atoms with Crippen molar-refractivity contribution in [2.75, 3.05) is 33.4 Å². The van der Waals surface area contributed by atoms with Crippen molar-refractivity contribution in [2.45, 2.75) is 19.8 Å². The van der Waals surface area contributed by atoms with Crippen LogP contribution in [-0.4, -0.2) is 50.1 Å². The molecule has 0 aromatic heterocycles. The zero-order chi connectivity index (χ0) is 13.6. The third kappa shape index (κ3) is 3.20. The van der Waals surface area contributed by atoms with Crippen molar-refractivity contribution < 1.29 is 14.3 Å². The van der Waals surface area contributed by atoms with E-state index in [2.05, 4.69) is 11.4 Å². The van der Waals surface area contributed by atoms with Gasteiger partial charge in [0.2, 0.25) is 11.8 Å². The standard InChI is InChI=1S/C12H19N3O3/c1-3-15(2)10(16)8-14-11(17)12(9-13)4-6-18-7-5-12/h3-8H2,1-2H3,(H,14,17). The molecule has 0 saturated carbocycles. The van der Waals surface area contributed by atoms with Gasteiger partial charge in [0.1, 0.15) is 5.41 Å². The minimum absolute atomic E-state index is 0.0620. The molecule has 100 valence electrons. The van der Waals surface area contributed by atoms with Gasteiger partial charge < -0.3 is 15.0 Å². The molecule has 0 aromatic rings. The fraction of sp³-hybridized carbons (Fsp3) is 0.750. The molecule has 0 aromatic carbocycles. The molecule has 1 saturated heterocycles. The molecular weight excluding hydrogens is 234 g/mol. The minimum Gasteiger partial charge on any atom is -0.381 e. The molecule has 1 N–H and O–H groups in total. The van der Waals surface area contributed by atoms with Gasteiger partial charge in [-0.05, 0) is 19.8 Å². The molecule has 0 unspecified atom stereocenters. The monoisotopic (exact) mass is 253 g/mol. The molecule has 0 atom stereocenters. The Bertz CT molecular complexity index is 356. The maximum Gasteiger partial charge on any atom is 0.241 e. The first-order chi connectivity index (χ1) is 8.55. The summed E-state index contributed by atoms with van der Waals surface area (Å²) in [7, 11) is 1.67. The van der Waals surface area contributed by atoms with Crippen molar-refractivity contribution >= 4 is 11.8 Å². The maximum absolute atomic E-state index is 12.0. The zero-order valence-electron chi connectivity index (χ0n) is 10.9. The Morgan fingerprint density at radius 3 is 2.56 bits per heavy atom. The molecule has 1 aliphatic heterocycles. The second-order valence-corrected chi connectivity index (χ2v) is 4.40. The first-order valence-corrected chi connectivity index (χ1v) is 6.07. The Hall–Kier alpha value is -1.61. The summed E-state index contributed by atoms with van der Waals surface area (Å²) in [5, 5.41) is 11.7. The SMILES string of the molecule is CCN(C)C(=O)CNC(=O)C1(C#N)CCOCC1. The summed E-state index contributed by atoms with van der Waals surface area (Å²) in [5.41, 5.74) is -1.04. The lowest BCUT2D eigenvalue weighted by atomic mass is 9.81. The van der Waals surface area contributed by atoms with Crippen molar-refractivity contribution in [2.24, 2.45) is 5.41 Å². The van der Waals surface area contributed by atoms with Gasteiger partial charge in [-0.25, -0.2) is 0 Å². The van der Waals surface area contributed by atoms with E-state index in [1.165, 1.54) is 4.90 Å². The molecule has 0 aliphatic carbocycles. The van der Waals surface area contributed by atoms with E-state index >= 15 is 0 Å². The number of carbonyl (C=O) groups is 2. The first-order valence-electron chi connectivity index (χ1n) is 6.07. The summed E-state index contributed by atoms with van der Waals surface area (Å²) in [6, 6.07) is 2.07. The van der Waals surface area contributed by atoms with Gasteiger partial charge in [0, 0.05) is 26.8 Å². The van der Waals surface area contributed by atoms with Crippen molar-refractivity contribution in [1.82, 2.24) is 10.2 Å². The Morgan fingerprint density at radius 1 is 1.44 bits per heavy atom. The van der Waals surface area contributed by atoms with E-state index in [9.17, 15) is 14.9 Å². The number of nitrogens with one attached hydrogen (secondary N) is 1. The lowest BCUT2D eigenvalue weighted by molar-refractivity contribution is -0.136. The molecule has 1 fully saturated rings. The molecule has 0 radical (unpaired) electrons. The molecule has 6 heteroatoms. The van der Waals surface area contributed by atoms with Crippen LogP contribution in [0.1, 0.15) is 19.8 Å². The second kappa shape index (κ2) is 6.36. The van der Waals surface area contributed by atoms with Crippen LogP contribution in [0.4, 0.5) is 0 Å². The highest BCUT2D eigenvalue weighted by atomic mass is 16.5. The number of rotatable bonds is 4. The van der Waals surface area contributed by atoms with Crippen LogP contribution >= 0.6 is 0 Å². The van der Waals surface area contributed by atoms with E-state index in [0.29, 0.717) is 32.6 Å². The smallest absolute Gasteiger partial charge is 0.241 e. The highest BCUT2D eigenvalue weighted by Gasteiger charge is 2.40. The van der Waals surface area contributed by atoms with Crippen LogP contribution in [0.25, 0.3) is 0 Å². The fourth-order valence-electron chi connectivity index (χ4n) is 1.75. The van der Waals surface area contributed by atoms with E-state index in [1.54, 1.807) is 7.05 Å². The predicted octanol–water partition coefficient (Wildman–Crippen LogP) is -0.0987. The van der Waals surface area contributed by atoms with Gasteiger partial charge in [0.25, 0.3) is 0 Å². The van der Waals surface area contributed by atoms with Gasteiger partial charge >= 0.3 is 0 Å². The minimum atomic E-state index is -1.04. The van der Waals surface area contributed by atoms with Gasteiger partial charge in [-0.3, -0.25) is 9.59 Å². The average Bonchev–Trinajstić information content (AvgIpc) is 2.43. The van der Waals surface area contributed by atoms with Crippen LogP contribution in [0.5, 0.6) is 0 Å². The first kappa shape index (κ1) is 14.5. The third-order valence-electron chi connectivity index (χ3n) is 3.30. The van der Waals surface area contributed by atoms with Crippen LogP contribution in [0, 0.1) is 16.7 Å². The Labute approximate surface area is 107 Å². The number of ether oxygens (including phenoxy) is 1. The largest absolute Gasteiger partial charge is 0.381 e. The molecule has 6 nitrogen and oxygen atoms in total. The molecular formula is C12H19N3O3. The summed E-state index contributed by atoms with van der Waals surface area (Å²) in [5.74, 6) is -0.530. The van der Waals surface area contributed by atoms with Gasteiger partial charge in [-0.1, -0.05) is 0 Å². The van der Waals surface area contributed by atoms with Crippen LogP contribution in [0.2, 0.25) is 0 Å². The average molecular weight is 253 g/mol. The summed E-state index contributed by atoms with van der Waals surface area (Å²) in [6.45, 7) is 3.20. The summed E-state index contributed by atoms with van der Waals surface area (Å²) >= 11 is 0. The van der Waals surface area contributed by atoms with Crippen LogP contribution in [0.3, 0.4) is 0 Å². The third-order valence-corrected chi connectivity index (χ3v) is 3.30. The van der Waals surface area contributed by atoms with E-state index in [-0.39, 0.29) is 18.4 Å². The lowest BCUT2D eigenvalue weighted by Gasteiger charge is -2.29. The number of nitrogens with zero attached hydrogens (tertiary/aromatic N) is 2. The topological polar surface area (TPSA) is 82.4 Å². The van der Waals surface area contributed by atoms with E-state index in [1.807, 2.05) is 6.92 Å². The quantitative estimate of drug-likeness (QED) is 0.758. The molecule has 1 heterocycles. The predicted molar refractivity (Wildman–Crippen MR) is 64.4 cm³/mol. The number of amides is 2. The van der Waals surface area contributed by atoms with Crippen molar-refractivity contribution in [3.63, 3.8) is 0 Å². The highest BCUT2D eigenvalue weighted by Crippen LogP contribution is 2.29. The van der Waals surface area contributed by atoms with Crippen LogP contribution in [-0.2, 0) is 14.3 Å². The van der Waals surface area contributed by atoms with Gasteiger partial charge in [0.15, 0.2) is 0 Å². The van der Waals surface area contributed by atoms with Crippen LogP contribution < -0.4 is 5.32 Å². The van der Waals surface area contributed by atoms with Crippen molar-refractivity contribution in [3.8, 4) is 6.07 Å². The maximum atomic E-state index is 12.0. The normalized spacial score (nSPS) is 17.6. The van der Waals surface area contributed by atoms with Gasteiger partial charge in [0.05, 0.1) is 12.6 Å². The van der Waals surface area contributed by atoms with Gasteiger partial charge in [-0.15, -0.1) is 0 Å². The van der Waals surface area contributed by atoms with Gasteiger partial charge in [-0.2, -0.15) is 5.26 Å². The van der Waals surface area contributed by atoms with Crippen molar-refractivity contribution in [3.05, 3.63) is 0 Å². The lowest BCUT2D eigenvalue weighted by Crippen LogP contribution is -2.47. The molecule has 0 spiro atoms. The fourth-order valence-corrected chi connectivity index (χ4v) is 1.75. The van der Waals surface area contributed by atoms with E-state index < -0.39 is 5.41 Å². The Balaban J connectivity index is 2.54. The van der Waals surface area contributed by atoms with Crippen molar-refractivity contribution in [1.29, 1.82) is 5.26 Å². The Morgan fingerprint density at radius 2 is 2.06 bits per heavy atom. The molecule has 1 aliphatic rings. The molecule has 18 heavy (non-hydrogen) atoms. The molecule has 1 rings (SSSR count). The summed E-state index contributed by atoms with van der Waals surface area (Å²) in [6.07, 6.45) is 0.764. The Kier molecular flexibility index (Phi) is 5.10. The van der Waals surface area contributed by atoms with E-state index in [0.717, 1.165) is 0 Å². The van der Waals surface area contributed by atoms with E-state index in [4.69, 9.17) is 4.74 Å². The number of likely N-dealkylation sites (N-methyl/N-ethyl adjacent to an activating group) is 1. The number of carbonyl (C=O) groups excluding carboxylic acids is 2. The number of hydrogen-bond acceptors (Lipinski definition) is 4. The molecule has 2 amide bonds.